The van der Waals surface area contributed by atoms with Gasteiger partial charge in [-0.2, -0.15) is 0 Å². The highest BCUT2D eigenvalue weighted by molar-refractivity contribution is 7.21. The van der Waals surface area contributed by atoms with Gasteiger partial charge in [0.2, 0.25) is 0 Å². The van der Waals surface area contributed by atoms with Crippen LogP contribution in [0.2, 0.25) is 0 Å². The van der Waals surface area contributed by atoms with Crippen LogP contribution >= 0.6 is 11.3 Å². The lowest BCUT2D eigenvalue weighted by Crippen LogP contribution is -2.48. The van der Waals surface area contributed by atoms with Crippen LogP contribution in [0.25, 0.3) is 10.2 Å². The Morgan fingerprint density at radius 3 is 2.57 bits per heavy atom. The van der Waals surface area contributed by atoms with E-state index in [1.54, 1.807) is 0 Å². The van der Waals surface area contributed by atoms with Gasteiger partial charge >= 0.3 is 0 Å². The highest BCUT2D eigenvalue weighted by Crippen LogP contribution is 2.33. The molecule has 3 heterocycles. The van der Waals surface area contributed by atoms with Crippen molar-refractivity contribution in [2.24, 2.45) is 0 Å². The summed E-state index contributed by atoms with van der Waals surface area (Å²) in [5, 5.41) is 0.899. The van der Waals surface area contributed by atoms with Crippen LogP contribution in [-0.4, -0.2) is 46.9 Å². The predicted molar refractivity (Wildman–Crippen MR) is 116 cm³/mol. The van der Waals surface area contributed by atoms with E-state index in [0.717, 1.165) is 61.5 Å². The number of amides is 1. The fourth-order valence-corrected chi connectivity index (χ4v) is 4.76. The zero-order valence-electron chi connectivity index (χ0n) is 16.2. The van der Waals surface area contributed by atoms with Crippen LogP contribution in [0.4, 0.5) is 5.69 Å². The SMILES string of the molecule is CCCc1ccc2c(N)c(C(=O)N3CCN(Cc4ccccc4)CC3)sc2n1. The molecule has 1 amide bonds. The summed E-state index contributed by atoms with van der Waals surface area (Å²) >= 11 is 1.43. The molecule has 3 aromatic rings. The molecule has 4 rings (SSSR count). The van der Waals surface area contributed by atoms with Crippen molar-refractivity contribution in [2.45, 2.75) is 26.3 Å². The quantitative estimate of drug-likeness (QED) is 0.715. The monoisotopic (exact) mass is 394 g/mol. The normalized spacial score (nSPS) is 15.2. The summed E-state index contributed by atoms with van der Waals surface area (Å²) in [5.41, 5.74) is 9.26. The molecule has 6 heteroatoms. The Morgan fingerprint density at radius 2 is 1.86 bits per heavy atom. The van der Waals surface area contributed by atoms with Crippen LogP contribution in [0.5, 0.6) is 0 Å². The molecule has 0 saturated carbocycles. The summed E-state index contributed by atoms with van der Waals surface area (Å²) in [6.07, 6.45) is 2.00. The fourth-order valence-electron chi connectivity index (χ4n) is 3.68. The van der Waals surface area contributed by atoms with Gasteiger partial charge in [0.15, 0.2) is 0 Å². The second-order valence-corrected chi connectivity index (χ2v) is 8.30. The number of pyridine rings is 1. The lowest BCUT2D eigenvalue weighted by Gasteiger charge is -2.34. The molecule has 1 aliphatic heterocycles. The minimum Gasteiger partial charge on any atom is -0.397 e. The number of nitrogens with zero attached hydrogens (tertiary/aromatic N) is 3. The Morgan fingerprint density at radius 1 is 1.11 bits per heavy atom. The lowest BCUT2D eigenvalue weighted by atomic mass is 10.2. The van der Waals surface area contributed by atoms with Crippen molar-refractivity contribution in [2.75, 3.05) is 31.9 Å². The van der Waals surface area contributed by atoms with Crippen LogP contribution in [0, 0.1) is 0 Å². The molecular weight excluding hydrogens is 368 g/mol. The molecule has 146 valence electrons. The summed E-state index contributed by atoms with van der Waals surface area (Å²) in [4.78, 5) is 23.6. The molecule has 0 radical (unpaired) electrons. The Labute approximate surface area is 169 Å². The largest absolute Gasteiger partial charge is 0.397 e. The molecule has 1 fully saturated rings. The van der Waals surface area contributed by atoms with E-state index in [2.05, 4.69) is 36.1 Å². The number of carbonyl (C=O) groups excluding carboxylic acids is 1. The molecule has 0 bridgehead atoms. The summed E-state index contributed by atoms with van der Waals surface area (Å²) in [6, 6.07) is 14.5. The molecule has 2 N–H and O–H groups in total. The number of aromatic nitrogens is 1. The number of nitrogens with two attached hydrogens (primary N) is 1. The molecule has 0 spiro atoms. The number of thiophene rings is 1. The summed E-state index contributed by atoms with van der Waals surface area (Å²) in [7, 11) is 0. The van der Waals surface area contributed by atoms with E-state index in [4.69, 9.17) is 10.7 Å². The average Bonchev–Trinajstić information content (AvgIpc) is 3.05. The number of fused-ring (bicyclic) bond motifs is 1. The zero-order chi connectivity index (χ0) is 19.5. The first-order valence-corrected chi connectivity index (χ1v) is 10.7. The van der Waals surface area contributed by atoms with Crippen LogP contribution in [0.3, 0.4) is 0 Å². The van der Waals surface area contributed by atoms with Gasteiger partial charge in [-0.15, -0.1) is 11.3 Å². The van der Waals surface area contributed by atoms with Crippen molar-refractivity contribution in [1.82, 2.24) is 14.8 Å². The van der Waals surface area contributed by atoms with Gasteiger partial charge < -0.3 is 10.6 Å². The standard InChI is InChI=1S/C22H26N4OS/c1-2-6-17-9-10-18-19(23)20(28-21(18)24-17)22(27)26-13-11-25(12-14-26)15-16-7-4-3-5-8-16/h3-5,7-10H,2,6,11-15,23H2,1H3. The topological polar surface area (TPSA) is 62.5 Å². The average molecular weight is 395 g/mol. The van der Waals surface area contributed by atoms with Crippen molar-refractivity contribution in [3.05, 3.63) is 58.6 Å². The summed E-state index contributed by atoms with van der Waals surface area (Å²) in [5.74, 6) is 0.0388. The number of carbonyl (C=O) groups is 1. The third-order valence-corrected chi connectivity index (χ3v) is 6.36. The Bertz CT molecular complexity index is 961. The number of benzene rings is 1. The molecule has 28 heavy (non-hydrogen) atoms. The van der Waals surface area contributed by atoms with Gasteiger partial charge in [-0.1, -0.05) is 43.7 Å². The molecule has 0 unspecified atom stereocenters. The molecule has 0 aliphatic carbocycles. The van der Waals surface area contributed by atoms with Gasteiger partial charge in [0, 0.05) is 43.8 Å². The van der Waals surface area contributed by atoms with E-state index in [0.29, 0.717) is 10.6 Å². The number of aryl methyl sites for hydroxylation is 1. The molecule has 1 aromatic carbocycles. The summed E-state index contributed by atoms with van der Waals surface area (Å²) in [6.45, 7) is 6.29. The highest BCUT2D eigenvalue weighted by Gasteiger charge is 2.26. The van der Waals surface area contributed by atoms with Gasteiger partial charge in [-0.25, -0.2) is 4.98 Å². The van der Waals surface area contributed by atoms with Gasteiger partial charge in [0.25, 0.3) is 5.91 Å². The Balaban J connectivity index is 1.44. The van der Waals surface area contributed by atoms with E-state index in [-0.39, 0.29) is 5.91 Å². The molecule has 2 aromatic heterocycles. The van der Waals surface area contributed by atoms with Gasteiger partial charge in [-0.05, 0) is 24.1 Å². The first kappa shape index (κ1) is 18.9. The zero-order valence-corrected chi connectivity index (χ0v) is 17.0. The minimum absolute atomic E-state index is 0.0388. The van der Waals surface area contributed by atoms with Crippen LogP contribution in [0.1, 0.15) is 34.3 Å². The number of hydrogen-bond acceptors (Lipinski definition) is 5. The van der Waals surface area contributed by atoms with Crippen LogP contribution < -0.4 is 5.73 Å². The van der Waals surface area contributed by atoms with E-state index in [9.17, 15) is 4.79 Å². The second kappa shape index (κ2) is 8.29. The number of hydrogen-bond donors (Lipinski definition) is 1. The molecule has 1 aliphatic rings. The van der Waals surface area contributed by atoms with Crippen molar-refractivity contribution in [1.29, 1.82) is 0 Å². The number of anilines is 1. The molecule has 1 saturated heterocycles. The fraction of sp³-hybridized carbons (Fsp3) is 0.364. The molecule has 5 nitrogen and oxygen atoms in total. The number of rotatable bonds is 5. The Kier molecular flexibility index (Phi) is 5.59. The smallest absolute Gasteiger partial charge is 0.266 e. The number of piperazine rings is 1. The first-order chi connectivity index (χ1) is 13.7. The Hall–Kier alpha value is -2.44. The van der Waals surface area contributed by atoms with Crippen molar-refractivity contribution in [3.8, 4) is 0 Å². The van der Waals surface area contributed by atoms with E-state index < -0.39 is 0 Å². The lowest BCUT2D eigenvalue weighted by molar-refractivity contribution is 0.0634. The van der Waals surface area contributed by atoms with E-state index >= 15 is 0 Å². The van der Waals surface area contributed by atoms with Gasteiger partial charge in [-0.3, -0.25) is 9.69 Å². The maximum absolute atomic E-state index is 13.1. The van der Waals surface area contributed by atoms with Crippen molar-refractivity contribution < 1.29 is 4.79 Å². The maximum atomic E-state index is 13.1. The summed E-state index contributed by atoms with van der Waals surface area (Å²) < 4.78 is 0. The highest BCUT2D eigenvalue weighted by atomic mass is 32.1. The third kappa shape index (κ3) is 3.88. The van der Waals surface area contributed by atoms with Crippen LogP contribution in [-0.2, 0) is 13.0 Å². The van der Waals surface area contributed by atoms with Gasteiger partial charge in [0.05, 0.1) is 5.69 Å². The van der Waals surface area contributed by atoms with Crippen molar-refractivity contribution >= 4 is 33.1 Å². The minimum atomic E-state index is 0.0388. The van der Waals surface area contributed by atoms with E-state index in [1.165, 1.54) is 16.9 Å². The van der Waals surface area contributed by atoms with Crippen LogP contribution in [0.15, 0.2) is 42.5 Å². The van der Waals surface area contributed by atoms with Gasteiger partial charge in [0.1, 0.15) is 9.71 Å². The molecule has 0 atom stereocenters. The first-order valence-electron chi connectivity index (χ1n) is 9.89. The van der Waals surface area contributed by atoms with Crippen molar-refractivity contribution in [3.63, 3.8) is 0 Å². The third-order valence-electron chi connectivity index (χ3n) is 5.26. The number of nitrogen functional groups attached to an aromatic ring is 1. The predicted octanol–water partition coefficient (Wildman–Crippen LogP) is 3.79. The maximum Gasteiger partial charge on any atom is 0.266 e. The second-order valence-electron chi connectivity index (χ2n) is 7.30. The molecular formula is C22H26N4OS. The van der Waals surface area contributed by atoms with E-state index in [1.807, 2.05) is 23.1 Å².